The fourth-order valence-electron chi connectivity index (χ4n) is 4.57. The summed E-state index contributed by atoms with van der Waals surface area (Å²) in [6.45, 7) is 7.55. The molecule has 1 N–H and O–H groups in total. The van der Waals surface area contributed by atoms with Gasteiger partial charge < -0.3 is 5.32 Å². The molecule has 2 aromatic carbocycles. The van der Waals surface area contributed by atoms with Crippen molar-refractivity contribution in [3.8, 4) is 0 Å². The zero-order valence-electron chi connectivity index (χ0n) is 17.4. The van der Waals surface area contributed by atoms with Gasteiger partial charge in [-0.3, -0.25) is 14.6 Å². The number of nitrogens with zero attached hydrogens (tertiary/aromatic N) is 2. The molecule has 2 fully saturated rings. The van der Waals surface area contributed by atoms with Crippen LogP contribution in [-0.2, 0) is 6.54 Å². The molecular formula is C24H29Cl2N3O. The van der Waals surface area contributed by atoms with Gasteiger partial charge in [-0.15, -0.1) is 0 Å². The van der Waals surface area contributed by atoms with Crippen molar-refractivity contribution in [3.63, 3.8) is 0 Å². The van der Waals surface area contributed by atoms with Gasteiger partial charge >= 0.3 is 0 Å². The van der Waals surface area contributed by atoms with E-state index >= 15 is 0 Å². The van der Waals surface area contributed by atoms with E-state index in [0.717, 1.165) is 57.7 Å². The Labute approximate surface area is 189 Å². The first-order valence-corrected chi connectivity index (χ1v) is 11.5. The summed E-state index contributed by atoms with van der Waals surface area (Å²) in [5.74, 6) is 0.243. The maximum Gasteiger partial charge on any atom is 0.181 e. The Bertz CT molecular complexity index is 873. The molecule has 0 radical (unpaired) electrons. The van der Waals surface area contributed by atoms with Gasteiger partial charge in [0.05, 0.1) is 16.1 Å². The first-order chi connectivity index (χ1) is 14.5. The van der Waals surface area contributed by atoms with Crippen LogP contribution in [0.15, 0.2) is 42.5 Å². The van der Waals surface area contributed by atoms with Gasteiger partial charge in [-0.2, -0.15) is 0 Å². The monoisotopic (exact) mass is 445 g/mol. The third-order valence-electron chi connectivity index (χ3n) is 6.27. The van der Waals surface area contributed by atoms with Crippen molar-refractivity contribution in [2.24, 2.45) is 0 Å². The largest absolute Gasteiger partial charge is 0.312 e. The lowest BCUT2D eigenvalue weighted by molar-refractivity contribution is 0.0577. The van der Waals surface area contributed by atoms with Gasteiger partial charge in [0.1, 0.15) is 0 Å². The highest BCUT2D eigenvalue weighted by atomic mass is 35.5. The van der Waals surface area contributed by atoms with Crippen molar-refractivity contribution >= 4 is 29.0 Å². The van der Waals surface area contributed by atoms with Gasteiger partial charge in [-0.1, -0.05) is 59.1 Å². The molecule has 0 spiro atoms. The average Bonchev–Trinajstić information content (AvgIpc) is 3.27. The molecule has 6 heteroatoms. The van der Waals surface area contributed by atoms with Crippen molar-refractivity contribution in [2.45, 2.75) is 38.4 Å². The Kier molecular flexibility index (Phi) is 7.12. The van der Waals surface area contributed by atoms with Crippen molar-refractivity contribution in [2.75, 3.05) is 32.7 Å². The normalized spacial score (nSPS) is 21.6. The van der Waals surface area contributed by atoms with Crippen LogP contribution in [0.2, 0.25) is 10.0 Å². The molecule has 4 rings (SSSR count). The minimum Gasteiger partial charge on any atom is -0.312 e. The molecule has 0 aromatic heterocycles. The zero-order chi connectivity index (χ0) is 21.1. The second-order valence-corrected chi connectivity index (χ2v) is 9.25. The summed E-state index contributed by atoms with van der Waals surface area (Å²) in [7, 11) is 0. The molecular weight excluding hydrogens is 417 g/mol. The van der Waals surface area contributed by atoms with E-state index in [9.17, 15) is 4.79 Å². The van der Waals surface area contributed by atoms with Gasteiger partial charge in [-0.25, -0.2) is 0 Å². The number of rotatable bonds is 6. The maximum atomic E-state index is 13.5. The molecule has 2 aromatic rings. The number of halogens is 2. The van der Waals surface area contributed by atoms with Crippen LogP contribution < -0.4 is 5.32 Å². The first-order valence-electron chi connectivity index (χ1n) is 10.8. The van der Waals surface area contributed by atoms with Crippen LogP contribution in [0.1, 0.15) is 34.3 Å². The van der Waals surface area contributed by atoms with Crippen LogP contribution in [0.3, 0.4) is 0 Å². The van der Waals surface area contributed by atoms with Crippen molar-refractivity contribution in [3.05, 3.63) is 69.2 Å². The number of hydrogen-bond donors (Lipinski definition) is 1. The summed E-state index contributed by atoms with van der Waals surface area (Å²) in [6, 6.07) is 14.0. The van der Waals surface area contributed by atoms with Crippen LogP contribution >= 0.6 is 23.2 Å². The molecule has 0 amide bonds. The molecule has 2 aliphatic heterocycles. The van der Waals surface area contributed by atoms with E-state index in [1.165, 1.54) is 11.1 Å². The first kappa shape index (κ1) is 21.8. The quantitative estimate of drug-likeness (QED) is 0.667. The smallest absolute Gasteiger partial charge is 0.181 e. The summed E-state index contributed by atoms with van der Waals surface area (Å²) in [5.41, 5.74) is 3.16. The van der Waals surface area contributed by atoms with Gasteiger partial charge in [0, 0.05) is 44.3 Å². The predicted octanol–water partition coefficient (Wildman–Crippen LogP) is 4.42. The van der Waals surface area contributed by atoms with Gasteiger partial charge in [-0.05, 0) is 44.0 Å². The molecule has 2 atom stereocenters. The van der Waals surface area contributed by atoms with Gasteiger partial charge in [0.2, 0.25) is 0 Å². The second-order valence-electron chi connectivity index (χ2n) is 8.44. The van der Waals surface area contributed by atoms with E-state index in [1.807, 2.05) is 42.5 Å². The SMILES string of the molecule is Cc1ccc(C(=O)C([C@H]2CCCN2)N2CCN(Cc3ccc(Cl)c(Cl)c3)CC2)cc1. The number of carbonyl (C=O) groups excluding carboxylic acids is 1. The fraction of sp³-hybridized carbons (Fsp3) is 0.458. The predicted molar refractivity (Wildman–Crippen MR) is 124 cm³/mol. The summed E-state index contributed by atoms with van der Waals surface area (Å²) in [4.78, 5) is 18.3. The summed E-state index contributed by atoms with van der Waals surface area (Å²) >= 11 is 12.2. The van der Waals surface area contributed by atoms with E-state index in [4.69, 9.17) is 23.2 Å². The van der Waals surface area contributed by atoms with Crippen LogP contribution in [0.25, 0.3) is 0 Å². The lowest BCUT2D eigenvalue weighted by Crippen LogP contribution is -2.58. The lowest BCUT2D eigenvalue weighted by Gasteiger charge is -2.41. The molecule has 1 unspecified atom stereocenters. The number of piperazine rings is 1. The highest BCUT2D eigenvalue weighted by molar-refractivity contribution is 6.42. The minimum atomic E-state index is -0.0951. The Morgan fingerprint density at radius 1 is 1.07 bits per heavy atom. The molecule has 4 nitrogen and oxygen atoms in total. The van der Waals surface area contributed by atoms with Crippen LogP contribution in [0.4, 0.5) is 0 Å². The Morgan fingerprint density at radius 3 is 2.43 bits per heavy atom. The lowest BCUT2D eigenvalue weighted by atomic mass is 9.94. The van der Waals surface area contributed by atoms with Gasteiger partial charge in [0.15, 0.2) is 5.78 Å². The van der Waals surface area contributed by atoms with E-state index in [2.05, 4.69) is 22.0 Å². The number of ketones is 1. The highest BCUT2D eigenvalue weighted by Crippen LogP contribution is 2.25. The number of benzene rings is 2. The Morgan fingerprint density at radius 2 is 1.80 bits per heavy atom. The van der Waals surface area contributed by atoms with Crippen molar-refractivity contribution < 1.29 is 4.79 Å². The van der Waals surface area contributed by atoms with E-state index in [-0.39, 0.29) is 17.9 Å². The highest BCUT2D eigenvalue weighted by Gasteiger charge is 2.37. The second kappa shape index (κ2) is 9.80. The summed E-state index contributed by atoms with van der Waals surface area (Å²) in [6.07, 6.45) is 2.20. The zero-order valence-corrected chi connectivity index (χ0v) is 18.9. The Hall–Kier alpha value is -1.43. The number of carbonyl (C=O) groups is 1. The average molecular weight is 446 g/mol. The molecule has 30 heavy (non-hydrogen) atoms. The van der Waals surface area contributed by atoms with Gasteiger partial charge in [0.25, 0.3) is 0 Å². The van der Waals surface area contributed by atoms with Crippen LogP contribution in [-0.4, -0.2) is 60.4 Å². The Balaban J connectivity index is 1.43. The number of Topliss-reactive ketones (excluding diaryl/α,β-unsaturated/α-hetero) is 1. The molecule has 160 valence electrons. The number of nitrogens with one attached hydrogen (secondary N) is 1. The molecule has 0 aliphatic carbocycles. The summed E-state index contributed by atoms with van der Waals surface area (Å²) in [5, 5.41) is 4.77. The molecule has 2 aliphatic rings. The topological polar surface area (TPSA) is 35.6 Å². The number of hydrogen-bond acceptors (Lipinski definition) is 4. The van der Waals surface area contributed by atoms with Crippen LogP contribution in [0, 0.1) is 6.92 Å². The van der Waals surface area contributed by atoms with E-state index < -0.39 is 0 Å². The molecule has 2 heterocycles. The minimum absolute atomic E-state index is 0.0951. The van der Waals surface area contributed by atoms with Crippen molar-refractivity contribution in [1.82, 2.24) is 15.1 Å². The van der Waals surface area contributed by atoms with Crippen LogP contribution in [0.5, 0.6) is 0 Å². The molecule has 0 bridgehead atoms. The molecule has 2 saturated heterocycles. The van der Waals surface area contributed by atoms with E-state index in [1.54, 1.807) is 0 Å². The fourth-order valence-corrected chi connectivity index (χ4v) is 4.89. The summed E-state index contributed by atoms with van der Waals surface area (Å²) < 4.78 is 0. The van der Waals surface area contributed by atoms with E-state index in [0.29, 0.717) is 10.0 Å². The third-order valence-corrected chi connectivity index (χ3v) is 7.01. The standard InChI is InChI=1S/C24H29Cl2N3O/c1-17-4-7-19(8-5-17)24(30)23(22-3-2-10-27-22)29-13-11-28(12-14-29)16-18-6-9-20(25)21(26)15-18/h4-9,15,22-23,27H,2-3,10-14,16H2,1H3/t22-,23?/m1/s1. The number of aryl methyl sites for hydroxylation is 1. The van der Waals surface area contributed by atoms with Crippen molar-refractivity contribution in [1.29, 1.82) is 0 Å². The third kappa shape index (κ3) is 5.06. The maximum absolute atomic E-state index is 13.5. The molecule has 0 saturated carbocycles.